The third-order valence-corrected chi connectivity index (χ3v) is 2.28. The molecule has 82 valence electrons. The standard InChI is InChI=1S/C11H13ClO3/c1-7-5-9(12)3-4-10(7)15-6-8(2)11(13)14/h3-5,8H,6H2,1-2H3,(H,13,14). The van der Waals surface area contributed by atoms with Crippen molar-refractivity contribution in [1.82, 2.24) is 0 Å². The highest BCUT2D eigenvalue weighted by Crippen LogP contribution is 2.22. The first-order chi connectivity index (χ1) is 7.00. The van der Waals surface area contributed by atoms with Crippen LogP contribution in [0.25, 0.3) is 0 Å². The molecule has 0 aliphatic carbocycles. The summed E-state index contributed by atoms with van der Waals surface area (Å²) in [7, 11) is 0. The maximum atomic E-state index is 10.6. The molecule has 0 radical (unpaired) electrons. The molecule has 0 spiro atoms. The number of aliphatic carboxylic acids is 1. The van der Waals surface area contributed by atoms with Crippen molar-refractivity contribution < 1.29 is 14.6 Å². The molecule has 0 aliphatic heterocycles. The second-order valence-corrected chi connectivity index (χ2v) is 3.90. The number of halogens is 1. The minimum Gasteiger partial charge on any atom is -0.492 e. The number of carboxylic acid groups (broad SMARTS) is 1. The van der Waals surface area contributed by atoms with Gasteiger partial charge in [0.05, 0.1) is 5.92 Å². The lowest BCUT2D eigenvalue weighted by Crippen LogP contribution is -2.18. The van der Waals surface area contributed by atoms with Crippen molar-refractivity contribution in [1.29, 1.82) is 0 Å². The van der Waals surface area contributed by atoms with Gasteiger partial charge in [0, 0.05) is 5.02 Å². The van der Waals surface area contributed by atoms with Gasteiger partial charge in [-0.2, -0.15) is 0 Å². The second kappa shape index (κ2) is 5.03. The molecule has 0 saturated carbocycles. The molecular weight excluding hydrogens is 216 g/mol. The molecule has 1 aromatic carbocycles. The Morgan fingerprint density at radius 2 is 2.27 bits per heavy atom. The number of benzene rings is 1. The van der Waals surface area contributed by atoms with E-state index in [9.17, 15) is 4.79 Å². The molecule has 1 atom stereocenters. The third-order valence-electron chi connectivity index (χ3n) is 2.05. The van der Waals surface area contributed by atoms with Crippen LogP contribution in [0.15, 0.2) is 18.2 Å². The first-order valence-corrected chi connectivity index (χ1v) is 5.00. The summed E-state index contributed by atoms with van der Waals surface area (Å²) < 4.78 is 5.38. The van der Waals surface area contributed by atoms with Crippen LogP contribution in [0.4, 0.5) is 0 Å². The van der Waals surface area contributed by atoms with Gasteiger partial charge in [0.1, 0.15) is 12.4 Å². The summed E-state index contributed by atoms with van der Waals surface area (Å²) in [5, 5.41) is 9.32. The lowest BCUT2D eigenvalue weighted by atomic mass is 10.2. The Morgan fingerprint density at radius 3 is 2.80 bits per heavy atom. The van der Waals surface area contributed by atoms with Crippen LogP contribution in [0, 0.1) is 12.8 Å². The van der Waals surface area contributed by atoms with Crippen molar-refractivity contribution in [2.45, 2.75) is 13.8 Å². The first kappa shape index (κ1) is 11.9. The Bertz CT molecular complexity index is 363. The van der Waals surface area contributed by atoms with Gasteiger partial charge >= 0.3 is 5.97 Å². The van der Waals surface area contributed by atoms with E-state index in [0.29, 0.717) is 10.8 Å². The maximum absolute atomic E-state index is 10.6. The molecule has 15 heavy (non-hydrogen) atoms. The summed E-state index contributed by atoms with van der Waals surface area (Å²) in [5.41, 5.74) is 0.903. The van der Waals surface area contributed by atoms with E-state index >= 15 is 0 Å². The average Bonchev–Trinajstić information content (AvgIpc) is 2.15. The Morgan fingerprint density at radius 1 is 1.60 bits per heavy atom. The molecule has 0 aliphatic rings. The van der Waals surface area contributed by atoms with E-state index in [1.165, 1.54) is 0 Å². The number of hydrogen-bond acceptors (Lipinski definition) is 2. The fourth-order valence-corrected chi connectivity index (χ4v) is 1.29. The van der Waals surface area contributed by atoms with E-state index in [0.717, 1.165) is 5.56 Å². The molecule has 0 heterocycles. The SMILES string of the molecule is Cc1cc(Cl)ccc1OCC(C)C(=O)O. The van der Waals surface area contributed by atoms with E-state index in [2.05, 4.69) is 0 Å². The summed E-state index contributed by atoms with van der Waals surface area (Å²) in [5.74, 6) is -0.700. The average molecular weight is 229 g/mol. The lowest BCUT2D eigenvalue weighted by molar-refractivity contribution is -0.142. The van der Waals surface area contributed by atoms with E-state index in [1.54, 1.807) is 25.1 Å². The van der Waals surface area contributed by atoms with Crippen LogP contribution in [0.5, 0.6) is 5.75 Å². The van der Waals surface area contributed by atoms with Crippen molar-refractivity contribution in [2.75, 3.05) is 6.61 Å². The number of ether oxygens (including phenoxy) is 1. The summed E-state index contributed by atoms with van der Waals surface area (Å²) in [6.45, 7) is 3.64. The molecular formula is C11H13ClO3. The predicted molar refractivity (Wildman–Crippen MR) is 58.5 cm³/mol. The molecule has 0 bridgehead atoms. The fourth-order valence-electron chi connectivity index (χ4n) is 1.06. The zero-order chi connectivity index (χ0) is 11.4. The summed E-state index contributed by atoms with van der Waals surface area (Å²) in [4.78, 5) is 10.6. The van der Waals surface area contributed by atoms with Gasteiger partial charge in [0.25, 0.3) is 0 Å². The van der Waals surface area contributed by atoms with Gasteiger partial charge < -0.3 is 9.84 Å². The Balaban J connectivity index is 2.62. The molecule has 3 nitrogen and oxygen atoms in total. The smallest absolute Gasteiger partial charge is 0.309 e. The largest absolute Gasteiger partial charge is 0.492 e. The molecule has 1 aromatic rings. The molecule has 0 aromatic heterocycles. The Labute approximate surface area is 93.6 Å². The molecule has 4 heteroatoms. The molecule has 1 rings (SSSR count). The number of aryl methyl sites for hydroxylation is 1. The molecule has 1 N–H and O–H groups in total. The number of carbonyl (C=O) groups is 1. The highest BCUT2D eigenvalue weighted by molar-refractivity contribution is 6.30. The second-order valence-electron chi connectivity index (χ2n) is 3.46. The predicted octanol–water partition coefficient (Wildman–Crippen LogP) is 2.75. The van der Waals surface area contributed by atoms with Gasteiger partial charge in [0.15, 0.2) is 0 Å². The van der Waals surface area contributed by atoms with Crippen molar-refractivity contribution in [2.24, 2.45) is 5.92 Å². The minimum absolute atomic E-state index is 0.164. The maximum Gasteiger partial charge on any atom is 0.309 e. The lowest BCUT2D eigenvalue weighted by Gasteiger charge is -2.11. The zero-order valence-corrected chi connectivity index (χ0v) is 9.41. The van der Waals surface area contributed by atoms with Crippen molar-refractivity contribution in [3.8, 4) is 5.75 Å². The molecule has 0 amide bonds. The fraction of sp³-hybridized carbons (Fsp3) is 0.364. The van der Waals surface area contributed by atoms with E-state index < -0.39 is 11.9 Å². The van der Waals surface area contributed by atoms with Gasteiger partial charge in [-0.25, -0.2) is 0 Å². The Kier molecular flexibility index (Phi) is 3.97. The van der Waals surface area contributed by atoms with Crippen LogP contribution in [-0.4, -0.2) is 17.7 Å². The summed E-state index contributed by atoms with van der Waals surface area (Å²) in [6.07, 6.45) is 0. The van der Waals surface area contributed by atoms with Crippen LogP contribution in [0.3, 0.4) is 0 Å². The quantitative estimate of drug-likeness (QED) is 0.862. The number of hydrogen-bond donors (Lipinski definition) is 1. The van der Waals surface area contributed by atoms with E-state index in [1.807, 2.05) is 6.92 Å². The third kappa shape index (κ3) is 3.44. The van der Waals surface area contributed by atoms with Gasteiger partial charge in [-0.05, 0) is 37.6 Å². The summed E-state index contributed by atoms with van der Waals surface area (Å²) >= 11 is 5.78. The van der Waals surface area contributed by atoms with Crippen LogP contribution in [0.1, 0.15) is 12.5 Å². The highest BCUT2D eigenvalue weighted by atomic mass is 35.5. The van der Waals surface area contributed by atoms with Gasteiger partial charge in [-0.15, -0.1) is 0 Å². The normalized spacial score (nSPS) is 12.2. The van der Waals surface area contributed by atoms with Crippen molar-refractivity contribution in [3.63, 3.8) is 0 Å². The number of carboxylic acids is 1. The number of rotatable bonds is 4. The van der Waals surface area contributed by atoms with Crippen LogP contribution < -0.4 is 4.74 Å². The zero-order valence-electron chi connectivity index (χ0n) is 8.66. The van der Waals surface area contributed by atoms with E-state index in [-0.39, 0.29) is 6.61 Å². The first-order valence-electron chi connectivity index (χ1n) is 4.62. The van der Waals surface area contributed by atoms with Crippen LogP contribution in [0.2, 0.25) is 5.02 Å². The van der Waals surface area contributed by atoms with Gasteiger partial charge in [-0.3, -0.25) is 4.79 Å². The van der Waals surface area contributed by atoms with Crippen LogP contribution in [-0.2, 0) is 4.79 Å². The van der Waals surface area contributed by atoms with Gasteiger partial charge in [0.2, 0.25) is 0 Å². The molecule has 0 saturated heterocycles. The van der Waals surface area contributed by atoms with Crippen LogP contribution >= 0.6 is 11.6 Å². The van der Waals surface area contributed by atoms with Gasteiger partial charge in [-0.1, -0.05) is 11.6 Å². The van der Waals surface area contributed by atoms with Crippen molar-refractivity contribution in [3.05, 3.63) is 28.8 Å². The topological polar surface area (TPSA) is 46.5 Å². The molecule has 1 unspecified atom stereocenters. The summed E-state index contributed by atoms with van der Waals surface area (Å²) in [6, 6.07) is 5.24. The molecule has 0 fully saturated rings. The van der Waals surface area contributed by atoms with Crippen molar-refractivity contribution >= 4 is 17.6 Å². The highest BCUT2D eigenvalue weighted by Gasteiger charge is 2.12. The minimum atomic E-state index is -0.860. The monoisotopic (exact) mass is 228 g/mol. The van der Waals surface area contributed by atoms with E-state index in [4.69, 9.17) is 21.4 Å². The Hall–Kier alpha value is -1.22.